The fraction of sp³-hybridized carbons (Fsp3) is 0.200. The van der Waals surface area contributed by atoms with Crippen LogP contribution >= 0.6 is 11.3 Å². The molecule has 48 valence electrons. The Balaban J connectivity index is 2.90. The molecule has 0 bridgehead atoms. The van der Waals surface area contributed by atoms with Crippen molar-refractivity contribution in [2.45, 2.75) is 0 Å². The number of aromatic nitrogens is 1. The summed E-state index contributed by atoms with van der Waals surface area (Å²) in [7, 11) is 1.65. The second kappa shape index (κ2) is 2.59. The van der Waals surface area contributed by atoms with Crippen LogP contribution in [0.15, 0.2) is 16.6 Å². The van der Waals surface area contributed by atoms with Crippen molar-refractivity contribution in [2.24, 2.45) is 10.7 Å². The molecule has 1 heterocycles. The van der Waals surface area contributed by atoms with Gasteiger partial charge in [0.1, 0.15) is 0 Å². The maximum atomic E-state index is 5.44. The Bertz CT molecular complexity index is 202. The van der Waals surface area contributed by atoms with E-state index in [1.165, 1.54) is 11.3 Å². The minimum absolute atomic E-state index is 0.505. The fourth-order valence-electron chi connectivity index (χ4n) is 0.446. The number of amidine groups is 1. The lowest BCUT2D eigenvalue weighted by molar-refractivity contribution is 1.33. The molecule has 0 saturated heterocycles. The molecule has 0 atom stereocenters. The van der Waals surface area contributed by atoms with Gasteiger partial charge in [-0.05, 0) is 0 Å². The van der Waals surface area contributed by atoms with Gasteiger partial charge in [-0.25, -0.2) is 4.98 Å². The highest BCUT2D eigenvalue weighted by Crippen LogP contribution is 2.01. The van der Waals surface area contributed by atoms with Gasteiger partial charge in [-0.3, -0.25) is 4.99 Å². The van der Waals surface area contributed by atoms with E-state index in [2.05, 4.69) is 9.98 Å². The average molecular weight is 141 g/mol. The Morgan fingerprint density at radius 1 is 1.89 bits per heavy atom. The smallest absolute Gasteiger partial charge is 0.157 e. The van der Waals surface area contributed by atoms with E-state index in [0.29, 0.717) is 5.84 Å². The van der Waals surface area contributed by atoms with Gasteiger partial charge >= 0.3 is 0 Å². The van der Waals surface area contributed by atoms with Gasteiger partial charge in [0.15, 0.2) is 10.8 Å². The van der Waals surface area contributed by atoms with E-state index < -0.39 is 0 Å². The first-order chi connectivity index (χ1) is 4.34. The number of hydrogen-bond donors (Lipinski definition) is 1. The predicted octanol–water partition coefficient (Wildman–Crippen LogP) is 0.478. The third kappa shape index (κ3) is 1.26. The van der Waals surface area contributed by atoms with Gasteiger partial charge < -0.3 is 5.73 Å². The SMILES string of the molecule is CN=C(N)c1nccs1. The minimum atomic E-state index is 0.505. The van der Waals surface area contributed by atoms with Crippen LogP contribution in [0.2, 0.25) is 0 Å². The number of rotatable bonds is 1. The monoisotopic (exact) mass is 141 g/mol. The van der Waals surface area contributed by atoms with E-state index >= 15 is 0 Å². The van der Waals surface area contributed by atoms with Crippen LogP contribution in [0.5, 0.6) is 0 Å². The van der Waals surface area contributed by atoms with Gasteiger partial charge in [0.05, 0.1) is 0 Å². The van der Waals surface area contributed by atoms with E-state index in [1.54, 1.807) is 13.2 Å². The maximum absolute atomic E-state index is 5.44. The summed E-state index contributed by atoms with van der Waals surface area (Å²) in [6, 6.07) is 0. The molecular weight excluding hydrogens is 134 g/mol. The summed E-state index contributed by atoms with van der Waals surface area (Å²) >= 11 is 1.49. The first-order valence-electron chi connectivity index (χ1n) is 2.46. The van der Waals surface area contributed by atoms with Gasteiger partial charge in [-0.15, -0.1) is 11.3 Å². The van der Waals surface area contributed by atoms with Crippen molar-refractivity contribution in [2.75, 3.05) is 7.05 Å². The predicted molar refractivity (Wildman–Crippen MR) is 38.8 cm³/mol. The molecule has 1 aromatic rings. The molecule has 0 fully saturated rings. The molecule has 2 N–H and O–H groups in total. The van der Waals surface area contributed by atoms with Crippen LogP contribution < -0.4 is 5.73 Å². The highest BCUT2D eigenvalue weighted by atomic mass is 32.1. The minimum Gasteiger partial charge on any atom is -0.382 e. The lowest BCUT2D eigenvalue weighted by Gasteiger charge is -1.87. The lowest BCUT2D eigenvalue weighted by Crippen LogP contribution is -2.11. The molecule has 0 unspecified atom stereocenters. The molecule has 4 heteroatoms. The lowest BCUT2D eigenvalue weighted by atomic mass is 10.6. The van der Waals surface area contributed by atoms with Gasteiger partial charge in [0.25, 0.3) is 0 Å². The quantitative estimate of drug-likeness (QED) is 0.457. The van der Waals surface area contributed by atoms with Crippen molar-refractivity contribution in [1.29, 1.82) is 0 Å². The van der Waals surface area contributed by atoms with Crippen molar-refractivity contribution in [3.05, 3.63) is 16.6 Å². The van der Waals surface area contributed by atoms with Crippen LogP contribution in [0.4, 0.5) is 0 Å². The molecule has 0 spiro atoms. The zero-order valence-electron chi connectivity index (χ0n) is 5.03. The highest BCUT2D eigenvalue weighted by Gasteiger charge is 1.96. The Kier molecular flexibility index (Phi) is 1.79. The largest absolute Gasteiger partial charge is 0.382 e. The van der Waals surface area contributed by atoms with E-state index in [1.807, 2.05) is 5.38 Å². The summed E-state index contributed by atoms with van der Waals surface area (Å²) < 4.78 is 0. The summed E-state index contributed by atoms with van der Waals surface area (Å²) in [6.07, 6.45) is 1.71. The standard InChI is InChI=1S/C5H7N3S/c1-7-4(6)5-8-2-3-9-5/h2-3H,1H3,(H2,6,7). The van der Waals surface area contributed by atoms with Crippen molar-refractivity contribution in [3.8, 4) is 0 Å². The summed E-state index contributed by atoms with van der Waals surface area (Å²) in [5, 5.41) is 2.66. The molecule has 0 aromatic carbocycles. The van der Waals surface area contributed by atoms with Crippen LogP contribution in [-0.4, -0.2) is 17.9 Å². The molecule has 0 aliphatic carbocycles. The van der Waals surface area contributed by atoms with Crippen LogP contribution in [-0.2, 0) is 0 Å². The van der Waals surface area contributed by atoms with E-state index in [9.17, 15) is 0 Å². The van der Waals surface area contributed by atoms with Crippen molar-refractivity contribution >= 4 is 17.2 Å². The molecule has 1 aromatic heterocycles. The average Bonchev–Trinajstić information content (AvgIpc) is 2.37. The van der Waals surface area contributed by atoms with Crippen molar-refractivity contribution in [1.82, 2.24) is 4.98 Å². The van der Waals surface area contributed by atoms with Gasteiger partial charge in [-0.1, -0.05) is 0 Å². The molecule has 0 aliphatic rings. The zero-order valence-corrected chi connectivity index (χ0v) is 5.85. The van der Waals surface area contributed by atoms with Gasteiger partial charge in [0.2, 0.25) is 0 Å². The third-order valence-electron chi connectivity index (χ3n) is 0.892. The number of thiazole rings is 1. The number of hydrogen-bond acceptors (Lipinski definition) is 3. The molecule has 0 amide bonds. The first-order valence-corrected chi connectivity index (χ1v) is 3.34. The summed E-state index contributed by atoms with van der Waals surface area (Å²) in [4.78, 5) is 7.72. The van der Waals surface area contributed by atoms with E-state index in [4.69, 9.17) is 5.73 Å². The van der Waals surface area contributed by atoms with Crippen LogP contribution in [0.3, 0.4) is 0 Å². The molecule has 0 radical (unpaired) electrons. The number of aliphatic imine (C=N–C) groups is 1. The number of nitrogens with two attached hydrogens (primary N) is 1. The highest BCUT2D eigenvalue weighted by molar-refractivity contribution is 7.11. The summed E-state index contributed by atoms with van der Waals surface area (Å²) in [6.45, 7) is 0. The maximum Gasteiger partial charge on any atom is 0.157 e. The topological polar surface area (TPSA) is 51.3 Å². The van der Waals surface area contributed by atoms with Crippen molar-refractivity contribution < 1.29 is 0 Å². The normalized spacial score (nSPS) is 11.9. The second-order valence-corrected chi connectivity index (χ2v) is 2.34. The zero-order chi connectivity index (χ0) is 6.69. The van der Waals surface area contributed by atoms with Gasteiger partial charge in [-0.2, -0.15) is 0 Å². The second-order valence-electron chi connectivity index (χ2n) is 1.45. The Labute approximate surface area is 57.3 Å². The molecule has 3 nitrogen and oxygen atoms in total. The fourth-order valence-corrected chi connectivity index (χ4v) is 1.03. The molecule has 0 saturated carbocycles. The Morgan fingerprint density at radius 3 is 3.11 bits per heavy atom. The summed E-state index contributed by atoms with van der Waals surface area (Å²) in [5.41, 5.74) is 5.44. The molecule has 1 rings (SSSR count). The van der Waals surface area contributed by atoms with Crippen LogP contribution in [0, 0.1) is 0 Å². The first kappa shape index (κ1) is 6.22. The molecule has 9 heavy (non-hydrogen) atoms. The van der Waals surface area contributed by atoms with Gasteiger partial charge in [0, 0.05) is 18.6 Å². The Morgan fingerprint density at radius 2 is 2.67 bits per heavy atom. The van der Waals surface area contributed by atoms with Crippen LogP contribution in [0.1, 0.15) is 5.01 Å². The number of nitrogens with zero attached hydrogens (tertiary/aromatic N) is 2. The third-order valence-corrected chi connectivity index (χ3v) is 1.69. The van der Waals surface area contributed by atoms with E-state index in [-0.39, 0.29) is 0 Å². The van der Waals surface area contributed by atoms with Crippen LogP contribution in [0.25, 0.3) is 0 Å². The molecule has 0 aliphatic heterocycles. The summed E-state index contributed by atoms with van der Waals surface area (Å²) in [5.74, 6) is 0.505. The molecular formula is C5H7N3S. The Hall–Kier alpha value is -0.900. The van der Waals surface area contributed by atoms with E-state index in [0.717, 1.165) is 5.01 Å². The van der Waals surface area contributed by atoms with Crippen molar-refractivity contribution in [3.63, 3.8) is 0 Å².